The lowest BCUT2D eigenvalue weighted by atomic mass is 10.1. The summed E-state index contributed by atoms with van der Waals surface area (Å²) >= 11 is 0. The van der Waals surface area contributed by atoms with Crippen molar-refractivity contribution in [2.75, 3.05) is 19.0 Å². The molecule has 13 heteroatoms. The third-order valence-electron chi connectivity index (χ3n) is 6.82. The average molecular weight is 549 g/mol. The number of benzene rings is 1. The van der Waals surface area contributed by atoms with E-state index in [9.17, 15) is 19.1 Å². The van der Waals surface area contributed by atoms with Gasteiger partial charge in [0.1, 0.15) is 23.4 Å². The number of halogens is 1. The Kier molecular flexibility index (Phi) is 7.22. The first kappa shape index (κ1) is 26.8. The summed E-state index contributed by atoms with van der Waals surface area (Å²) in [5.74, 6) is 0.383. The lowest BCUT2D eigenvalue weighted by molar-refractivity contribution is -0.125. The highest BCUT2D eigenvalue weighted by Crippen LogP contribution is 2.30. The maximum atomic E-state index is 13.8. The van der Waals surface area contributed by atoms with Crippen LogP contribution in [0.15, 0.2) is 48.9 Å². The number of amides is 2. The zero-order valence-corrected chi connectivity index (χ0v) is 22.4. The van der Waals surface area contributed by atoms with Gasteiger partial charge in [-0.1, -0.05) is 0 Å². The van der Waals surface area contributed by atoms with Crippen LogP contribution in [0.3, 0.4) is 0 Å². The number of aromatic nitrogens is 5. The zero-order valence-electron chi connectivity index (χ0n) is 22.4. The van der Waals surface area contributed by atoms with Gasteiger partial charge in [-0.05, 0) is 43.2 Å². The number of carbonyl (C=O) groups is 2. The number of nitrogens with one attached hydrogen (secondary N) is 2. The minimum Gasteiger partial charge on any atom is -0.497 e. The van der Waals surface area contributed by atoms with Crippen molar-refractivity contribution in [3.63, 3.8) is 0 Å². The molecule has 40 heavy (non-hydrogen) atoms. The van der Waals surface area contributed by atoms with Crippen LogP contribution in [0.5, 0.6) is 5.75 Å². The van der Waals surface area contributed by atoms with Crippen molar-refractivity contribution in [1.29, 1.82) is 0 Å². The second kappa shape index (κ2) is 10.8. The van der Waals surface area contributed by atoms with Crippen LogP contribution in [0.4, 0.5) is 21.0 Å². The lowest BCUT2D eigenvalue weighted by Crippen LogP contribution is -2.46. The molecule has 0 spiro atoms. The molecule has 1 aromatic carbocycles. The third-order valence-corrected chi connectivity index (χ3v) is 6.82. The van der Waals surface area contributed by atoms with Gasteiger partial charge in [-0.3, -0.25) is 14.0 Å². The first-order valence-corrected chi connectivity index (χ1v) is 12.6. The number of ether oxygens (including phenoxy) is 1. The summed E-state index contributed by atoms with van der Waals surface area (Å²) in [7, 11) is 3.20. The van der Waals surface area contributed by atoms with Crippen molar-refractivity contribution in [1.82, 2.24) is 34.5 Å². The topological polar surface area (TPSA) is 139 Å². The van der Waals surface area contributed by atoms with Crippen LogP contribution in [0.1, 0.15) is 29.8 Å². The van der Waals surface area contributed by atoms with Crippen LogP contribution in [-0.4, -0.2) is 66.0 Å². The number of carbonyl (C=O) groups excluding carboxylic acids is 2. The SMILES string of the molecule is COc1cc(F)cc([C@H](O)CNC(=O)[C@H](C)N2Cc3cc(-c4nc(Nc5ccnn5C)ncc4C)cn3C2=O)c1. The van der Waals surface area contributed by atoms with Gasteiger partial charge in [0.25, 0.3) is 0 Å². The van der Waals surface area contributed by atoms with Gasteiger partial charge in [-0.15, -0.1) is 0 Å². The van der Waals surface area contributed by atoms with E-state index in [0.717, 1.165) is 16.9 Å². The number of rotatable bonds is 9. The largest absolute Gasteiger partial charge is 0.497 e. The molecule has 0 unspecified atom stereocenters. The van der Waals surface area contributed by atoms with E-state index in [1.807, 2.05) is 13.0 Å². The van der Waals surface area contributed by atoms with E-state index >= 15 is 0 Å². The number of aliphatic hydroxyl groups is 1. The van der Waals surface area contributed by atoms with Crippen LogP contribution in [0.25, 0.3) is 11.3 Å². The van der Waals surface area contributed by atoms with Crippen LogP contribution in [0.2, 0.25) is 0 Å². The van der Waals surface area contributed by atoms with Gasteiger partial charge >= 0.3 is 6.03 Å². The van der Waals surface area contributed by atoms with E-state index in [1.54, 1.807) is 43.3 Å². The molecular formula is C27H29FN8O4. The van der Waals surface area contributed by atoms with E-state index in [2.05, 4.69) is 25.7 Å². The normalized spacial score (nSPS) is 14.2. The molecule has 0 fully saturated rings. The first-order valence-electron chi connectivity index (χ1n) is 12.6. The number of hydrogen-bond acceptors (Lipinski definition) is 8. The third kappa shape index (κ3) is 5.23. The van der Waals surface area contributed by atoms with Crippen LogP contribution < -0.4 is 15.4 Å². The van der Waals surface area contributed by atoms with Crippen LogP contribution in [0, 0.1) is 12.7 Å². The number of anilines is 2. The Hall–Kier alpha value is -4.78. The molecule has 1 aliphatic rings. The summed E-state index contributed by atoms with van der Waals surface area (Å²) in [5, 5.41) is 20.3. The summed E-state index contributed by atoms with van der Waals surface area (Å²) in [5.41, 5.74) is 3.25. The summed E-state index contributed by atoms with van der Waals surface area (Å²) < 4.78 is 22.0. The molecule has 2 amide bonds. The van der Waals surface area contributed by atoms with Crippen molar-refractivity contribution in [3.05, 3.63) is 71.6 Å². The van der Waals surface area contributed by atoms with Gasteiger partial charge in [-0.25, -0.2) is 19.2 Å². The highest BCUT2D eigenvalue weighted by Gasteiger charge is 2.34. The standard InChI is InChI=1S/C27H29FN8O4/c1-15-11-30-26(32-23-5-6-31-34(23)3)33-24(15)18-8-20-14-35(27(39)36(20)13-18)16(2)25(38)29-12-22(37)17-7-19(28)10-21(9-17)40-4/h5-11,13,16,22,37H,12,14H2,1-4H3,(H,29,38)(H,30,32,33)/t16-,22+/m0/s1. The van der Waals surface area contributed by atoms with E-state index < -0.39 is 23.9 Å². The molecule has 0 saturated heterocycles. The highest BCUT2D eigenvalue weighted by molar-refractivity contribution is 5.90. The molecule has 0 radical (unpaired) electrons. The molecule has 0 aliphatic carbocycles. The second-order valence-corrected chi connectivity index (χ2v) is 9.55. The number of aryl methyl sites for hydroxylation is 2. The van der Waals surface area contributed by atoms with E-state index in [4.69, 9.17) is 4.74 Å². The van der Waals surface area contributed by atoms with Gasteiger partial charge in [0, 0.05) is 49.4 Å². The molecular weight excluding hydrogens is 519 g/mol. The van der Waals surface area contributed by atoms with E-state index in [-0.39, 0.29) is 30.4 Å². The Morgan fingerprint density at radius 2 is 2.08 bits per heavy atom. The first-order chi connectivity index (χ1) is 19.1. The number of hydrogen-bond donors (Lipinski definition) is 3. The Balaban J connectivity index is 1.24. The minimum absolute atomic E-state index is 0.156. The summed E-state index contributed by atoms with van der Waals surface area (Å²) in [6.07, 6.45) is 3.92. The van der Waals surface area contributed by atoms with Crippen molar-refractivity contribution < 1.29 is 23.8 Å². The molecule has 3 N–H and O–H groups in total. The summed E-state index contributed by atoms with van der Waals surface area (Å²) in [4.78, 5) is 36.5. The van der Waals surface area contributed by atoms with Gasteiger partial charge < -0.3 is 25.4 Å². The Morgan fingerprint density at radius 1 is 1.27 bits per heavy atom. The molecule has 3 aromatic heterocycles. The monoisotopic (exact) mass is 548 g/mol. The van der Waals surface area contributed by atoms with Crippen molar-refractivity contribution >= 4 is 23.7 Å². The fourth-order valence-corrected chi connectivity index (χ4v) is 4.53. The molecule has 208 valence electrons. The smallest absolute Gasteiger partial charge is 0.329 e. The van der Waals surface area contributed by atoms with Gasteiger partial charge in [0.15, 0.2) is 0 Å². The predicted molar refractivity (Wildman–Crippen MR) is 143 cm³/mol. The van der Waals surface area contributed by atoms with Crippen molar-refractivity contribution in [2.24, 2.45) is 7.05 Å². The van der Waals surface area contributed by atoms with E-state index in [1.165, 1.54) is 34.8 Å². The maximum Gasteiger partial charge on any atom is 0.329 e. The van der Waals surface area contributed by atoms with Gasteiger partial charge in [0.05, 0.1) is 31.6 Å². The number of fused-ring (bicyclic) bond motifs is 1. The van der Waals surface area contributed by atoms with E-state index in [0.29, 0.717) is 17.3 Å². The van der Waals surface area contributed by atoms with Crippen LogP contribution in [-0.2, 0) is 18.4 Å². The zero-order chi connectivity index (χ0) is 28.6. The number of methoxy groups -OCH3 is 1. The van der Waals surface area contributed by atoms with Gasteiger partial charge in [0.2, 0.25) is 11.9 Å². The van der Waals surface area contributed by atoms with Gasteiger partial charge in [-0.2, -0.15) is 5.10 Å². The molecule has 0 bridgehead atoms. The fourth-order valence-electron chi connectivity index (χ4n) is 4.53. The second-order valence-electron chi connectivity index (χ2n) is 9.55. The number of nitrogens with zero attached hydrogens (tertiary/aromatic N) is 6. The molecule has 12 nitrogen and oxygen atoms in total. The highest BCUT2D eigenvalue weighted by atomic mass is 19.1. The lowest BCUT2D eigenvalue weighted by Gasteiger charge is -2.23. The van der Waals surface area contributed by atoms with Crippen LogP contribution >= 0.6 is 0 Å². The maximum absolute atomic E-state index is 13.8. The Morgan fingerprint density at radius 3 is 2.77 bits per heavy atom. The molecule has 4 heterocycles. The summed E-state index contributed by atoms with van der Waals surface area (Å²) in [6.45, 7) is 3.57. The quantitative estimate of drug-likeness (QED) is 0.290. The minimum atomic E-state index is -1.15. The van der Waals surface area contributed by atoms with Crippen molar-refractivity contribution in [2.45, 2.75) is 32.5 Å². The van der Waals surface area contributed by atoms with Crippen molar-refractivity contribution in [3.8, 4) is 17.0 Å². The molecule has 2 atom stereocenters. The fraction of sp³-hybridized carbons (Fsp3) is 0.296. The summed E-state index contributed by atoms with van der Waals surface area (Å²) in [6, 6.07) is 6.39. The molecule has 5 rings (SSSR count). The molecule has 0 saturated carbocycles. The molecule has 4 aromatic rings. The Labute approximate surface area is 229 Å². The number of aliphatic hydroxyl groups excluding tert-OH is 1. The Bertz CT molecular complexity index is 1580. The predicted octanol–water partition coefficient (Wildman–Crippen LogP) is 2.90. The molecule has 1 aliphatic heterocycles. The average Bonchev–Trinajstić information content (AvgIpc) is 3.63.